The van der Waals surface area contributed by atoms with Gasteiger partial charge in [0, 0.05) is 19.1 Å². The van der Waals surface area contributed by atoms with E-state index in [9.17, 15) is 14.4 Å². The summed E-state index contributed by atoms with van der Waals surface area (Å²) in [6.07, 6.45) is 2.53. The minimum atomic E-state index is -1.07. The van der Waals surface area contributed by atoms with E-state index in [0.29, 0.717) is 19.3 Å². The fourth-order valence-electron chi connectivity index (χ4n) is 1.33. The molecule has 0 aromatic rings. The molecule has 0 amide bonds. The highest BCUT2D eigenvalue weighted by atomic mass is 16.4. The number of Topliss-reactive ketones (excluding diaryl/α,β-unsaturated/α-hetero) is 2. The number of aliphatic carboxylic acids is 1. The Bertz CT molecular complexity index is 279. The highest BCUT2D eigenvalue weighted by Crippen LogP contribution is 2.15. The maximum atomic E-state index is 11.2. The zero-order valence-corrected chi connectivity index (χ0v) is 7.60. The summed E-state index contributed by atoms with van der Waals surface area (Å²) in [5, 5.41) is 8.29. The standard InChI is InChI=1S/C9H11NO4/c11-7-2-1-3-8(12)6(7)4-10-5-9(13)14/h4,6H,1-3,5H2,(H,13,14). The van der Waals surface area contributed by atoms with Crippen LogP contribution in [0.2, 0.25) is 0 Å². The van der Waals surface area contributed by atoms with Gasteiger partial charge in [-0.2, -0.15) is 0 Å². The molecule has 0 aromatic heterocycles. The van der Waals surface area contributed by atoms with Gasteiger partial charge < -0.3 is 5.11 Å². The number of ketones is 2. The molecular formula is C9H11NO4. The van der Waals surface area contributed by atoms with Gasteiger partial charge in [-0.1, -0.05) is 0 Å². The van der Waals surface area contributed by atoms with Crippen LogP contribution in [0.25, 0.3) is 0 Å². The summed E-state index contributed by atoms with van der Waals surface area (Å²) in [7, 11) is 0. The van der Waals surface area contributed by atoms with Gasteiger partial charge in [0.1, 0.15) is 24.0 Å². The normalized spacial score (nSPS) is 19.1. The summed E-state index contributed by atoms with van der Waals surface area (Å²) < 4.78 is 0. The Labute approximate surface area is 80.8 Å². The third-order valence-electron chi connectivity index (χ3n) is 2.02. The Morgan fingerprint density at radius 3 is 2.50 bits per heavy atom. The highest BCUT2D eigenvalue weighted by Gasteiger charge is 2.28. The minimum Gasteiger partial charge on any atom is -0.480 e. The average molecular weight is 197 g/mol. The maximum absolute atomic E-state index is 11.2. The number of carboxylic acids is 1. The van der Waals surface area contributed by atoms with E-state index in [4.69, 9.17) is 5.11 Å². The van der Waals surface area contributed by atoms with Crippen molar-refractivity contribution < 1.29 is 19.5 Å². The second kappa shape index (κ2) is 4.64. The molecule has 0 bridgehead atoms. The molecule has 1 rings (SSSR count). The number of rotatable bonds is 3. The Morgan fingerprint density at radius 1 is 1.43 bits per heavy atom. The first-order valence-electron chi connectivity index (χ1n) is 4.38. The van der Waals surface area contributed by atoms with Gasteiger partial charge in [-0.3, -0.25) is 19.4 Å². The molecule has 0 spiro atoms. The lowest BCUT2D eigenvalue weighted by Gasteiger charge is -2.14. The lowest BCUT2D eigenvalue weighted by atomic mass is 9.88. The maximum Gasteiger partial charge on any atom is 0.325 e. The molecule has 0 aliphatic heterocycles. The van der Waals surface area contributed by atoms with Gasteiger partial charge in [-0.15, -0.1) is 0 Å². The molecule has 76 valence electrons. The third kappa shape index (κ3) is 2.76. The molecular weight excluding hydrogens is 186 g/mol. The van der Waals surface area contributed by atoms with E-state index in [1.807, 2.05) is 0 Å². The van der Waals surface area contributed by atoms with Gasteiger partial charge in [0.25, 0.3) is 0 Å². The molecule has 5 heteroatoms. The van der Waals surface area contributed by atoms with Crippen molar-refractivity contribution in [2.45, 2.75) is 19.3 Å². The average Bonchev–Trinajstić information content (AvgIpc) is 2.09. The number of nitrogens with zero attached hydrogens (tertiary/aromatic N) is 1. The number of carboxylic acid groups (broad SMARTS) is 1. The van der Waals surface area contributed by atoms with E-state index in [-0.39, 0.29) is 11.6 Å². The van der Waals surface area contributed by atoms with Crippen LogP contribution in [0.15, 0.2) is 4.99 Å². The van der Waals surface area contributed by atoms with Crippen LogP contribution in [-0.4, -0.2) is 35.4 Å². The van der Waals surface area contributed by atoms with Crippen molar-refractivity contribution in [3.63, 3.8) is 0 Å². The topological polar surface area (TPSA) is 83.8 Å². The second-order valence-electron chi connectivity index (χ2n) is 3.15. The van der Waals surface area contributed by atoms with E-state index in [2.05, 4.69) is 4.99 Å². The second-order valence-corrected chi connectivity index (χ2v) is 3.15. The largest absolute Gasteiger partial charge is 0.480 e. The Hall–Kier alpha value is -1.52. The molecule has 0 radical (unpaired) electrons. The van der Waals surface area contributed by atoms with Crippen LogP contribution in [0, 0.1) is 5.92 Å². The first kappa shape index (κ1) is 10.6. The SMILES string of the molecule is O=C(O)CN=CC1C(=O)CCCC1=O. The van der Waals surface area contributed by atoms with Gasteiger partial charge in [0.2, 0.25) is 0 Å². The summed E-state index contributed by atoms with van der Waals surface area (Å²) in [4.78, 5) is 36.1. The van der Waals surface area contributed by atoms with Gasteiger partial charge in [-0.05, 0) is 6.42 Å². The molecule has 1 N–H and O–H groups in total. The molecule has 1 fully saturated rings. The van der Waals surface area contributed by atoms with Crippen molar-refractivity contribution in [2.24, 2.45) is 10.9 Å². The van der Waals surface area contributed by atoms with E-state index in [1.165, 1.54) is 0 Å². The Morgan fingerprint density at radius 2 is 2.00 bits per heavy atom. The lowest BCUT2D eigenvalue weighted by molar-refractivity contribution is -0.136. The third-order valence-corrected chi connectivity index (χ3v) is 2.02. The smallest absolute Gasteiger partial charge is 0.325 e. The number of hydrogen-bond acceptors (Lipinski definition) is 4. The molecule has 0 heterocycles. The molecule has 0 atom stereocenters. The number of carbonyl (C=O) groups is 3. The summed E-state index contributed by atoms with van der Waals surface area (Å²) in [6, 6.07) is 0. The monoisotopic (exact) mass is 197 g/mol. The van der Waals surface area contributed by atoms with Crippen LogP contribution in [0.3, 0.4) is 0 Å². The highest BCUT2D eigenvalue weighted by molar-refractivity contribution is 6.15. The molecule has 0 aromatic carbocycles. The Balaban J connectivity index is 2.56. The molecule has 14 heavy (non-hydrogen) atoms. The van der Waals surface area contributed by atoms with Crippen LogP contribution in [-0.2, 0) is 14.4 Å². The molecule has 1 saturated carbocycles. The van der Waals surface area contributed by atoms with Gasteiger partial charge in [-0.25, -0.2) is 0 Å². The van der Waals surface area contributed by atoms with Crippen molar-refractivity contribution in [1.82, 2.24) is 0 Å². The van der Waals surface area contributed by atoms with Gasteiger partial charge in [0.15, 0.2) is 0 Å². The quantitative estimate of drug-likeness (QED) is 0.513. The van der Waals surface area contributed by atoms with E-state index in [1.54, 1.807) is 0 Å². The summed E-state index contributed by atoms with van der Waals surface area (Å²) in [5.41, 5.74) is 0. The van der Waals surface area contributed by atoms with Gasteiger partial charge in [0.05, 0.1) is 0 Å². The van der Waals surface area contributed by atoms with Crippen LogP contribution in [0.1, 0.15) is 19.3 Å². The molecule has 1 aliphatic rings. The Kier molecular flexibility index (Phi) is 3.50. The van der Waals surface area contributed by atoms with Crippen LogP contribution >= 0.6 is 0 Å². The molecule has 1 aliphatic carbocycles. The molecule has 0 unspecified atom stereocenters. The first-order valence-corrected chi connectivity index (χ1v) is 4.38. The molecule has 5 nitrogen and oxygen atoms in total. The zero-order valence-electron chi connectivity index (χ0n) is 7.60. The fourth-order valence-corrected chi connectivity index (χ4v) is 1.33. The van der Waals surface area contributed by atoms with Crippen LogP contribution < -0.4 is 0 Å². The van der Waals surface area contributed by atoms with Crippen LogP contribution in [0.5, 0.6) is 0 Å². The summed E-state index contributed by atoms with van der Waals surface area (Å²) in [5.74, 6) is -2.19. The molecule has 0 saturated heterocycles. The lowest BCUT2D eigenvalue weighted by Crippen LogP contribution is -2.29. The van der Waals surface area contributed by atoms with E-state index >= 15 is 0 Å². The summed E-state index contributed by atoms with van der Waals surface area (Å²) in [6.45, 7) is -0.392. The van der Waals surface area contributed by atoms with Crippen molar-refractivity contribution in [3.8, 4) is 0 Å². The van der Waals surface area contributed by atoms with E-state index in [0.717, 1.165) is 6.21 Å². The van der Waals surface area contributed by atoms with Crippen LogP contribution in [0.4, 0.5) is 0 Å². The van der Waals surface area contributed by atoms with Gasteiger partial charge >= 0.3 is 5.97 Å². The summed E-state index contributed by atoms with van der Waals surface area (Å²) >= 11 is 0. The number of hydrogen-bond donors (Lipinski definition) is 1. The van der Waals surface area contributed by atoms with Crippen molar-refractivity contribution in [2.75, 3.05) is 6.54 Å². The predicted molar refractivity (Wildman–Crippen MR) is 48.3 cm³/mol. The fraction of sp³-hybridized carbons (Fsp3) is 0.556. The van der Waals surface area contributed by atoms with Crippen molar-refractivity contribution in [3.05, 3.63) is 0 Å². The van der Waals surface area contributed by atoms with Crippen molar-refractivity contribution in [1.29, 1.82) is 0 Å². The zero-order chi connectivity index (χ0) is 10.6. The number of carbonyl (C=O) groups excluding carboxylic acids is 2. The first-order chi connectivity index (χ1) is 6.61. The van der Waals surface area contributed by atoms with Crippen molar-refractivity contribution >= 4 is 23.8 Å². The predicted octanol–water partition coefficient (Wildman–Crippen LogP) is 0.0801. The van der Waals surface area contributed by atoms with E-state index < -0.39 is 18.4 Å². The minimum absolute atomic E-state index is 0.157. The number of aliphatic imine (C=N–C) groups is 1.